The van der Waals surface area contributed by atoms with Crippen LogP contribution < -0.4 is 4.74 Å². The molecule has 3 aromatic rings. The van der Waals surface area contributed by atoms with Gasteiger partial charge in [-0.1, -0.05) is 42.5 Å². The first kappa shape index (κ1) is 12.6. The van der Waals surface area contributed by atoms with Crippen molar-refractivity contribution in [2.24, 2.45) is 0 Å². The zero-order valence-corrected chi connectivity index (χ0v) is 10.7. The maximum Gasteiger partial charge on any atom is 0.168 e. The van der Waals surface area contributed by atoms with E-state index >= 15 is 0 Å². The second-order valence-electron chi connectivity index (χ2n) is 4.50. The predicted molar refractivity (Wildman–Crippen MR) is 76.3 cm³/mol. The van der Waals surface area contributed by atoms with Gasteiger partial charge in [-0.3, -0.25) is 0 Å². The van der Waals surface area contributed by atoms with E-state index < -0.39 is 5.82 Å². The average molecular weight is 268 g/mol. The van der Waals surface area contributed by atoms with E-state index in [4.69, 9.17) is 4.74 Å². The van der Waals surface area contributed by atoms with Crippen LogP contribution in [0.4, 0.5) is 4.39 Å². The van der Waals surface area contributed by atoms with Gasteiger partial charge in [-0.15, -0.1) is 0 Å². The van der Waals surface area contributed by atoms with Gasteiger partial charge in [0.15, 0.2) is 11.6 Å². The molecule has 0 saturated carbocycles. The number of hydrogen-bond donors (Lipinski definition) is 1. The van der Waals surface area contributed by atoms with E-state index in [1.807, 2.05) is 36.4 Å². The van der Waals surface area contributed by atoms with Gasteiger partial charge in [0.2, 0.25) is 0 Å². The molecule has 3 rings (SSSR count). The summed E-state index contributed by atoms with van der Waals surface area (Å²) in [7, 11) is 0. The molecular weight excluding hydrogens is 255 g/mol. The Bertz CT molecular complexity index is 753. The standard InChI is InChI=1S/C17H13FO2/c18-16-7-3-6-14(11-19)17(16)20-15-9-8-12-4-1-2-5-13(12)10-15/h1-10,19H,11H2. The van der Waals surface area contributed by atoms with E-state index in [9.17, 15) is 9.50 Å². The van der Waals surface area contributed by atoms with Crippen molar-refractivity contribution in [1.29, 1.82) is 0 Å². The summed E-state index contributed by atoms with van der Waals surface area (Å²) in [6, 6.07) is 17.9. The number of fused-ring (bicyclic) bond motifs is 1. The van der Waals surface area contributed by atoms with Crippen molar-refractivity contribution >= 4 is 10.8 Å². The van der Waals surface area contributed by atoms with Crippen LogP contribution in [-0.4, -0.2) is 5.11 Å². The number of ether oxygens (including phenoxy) is 1. The fourth-order valence-corrected chi connectivity index (χ4v) is 2.14. The van der Waals surface area contributed by atoms with Gasteiger partial charge in [-0.05, 0) is 29.0 Å². The summed E-state index contributed by atoms with van der Waals surface area (Å²) in [5.41, 5.74) is 0.429. The first-order valence-corrected chi connectivity index (χ1v) is 6.33. The monoisotopic (exact) mass is 268 g/mol. The third-order valence-corrected chi connectivity index (χ3v) is 3.16. The number of halogens is 1. The van der Waals surface area contributed by atoms with Gasteiger partial charge in [-0.25, -0.2) is 4.39 Å². The smallest absolute Gasteiger partial charge is 0.168 e. The third-order valence-electron chi connectivity index (χ3n) is 3.16. The summed E-state index contributed by atoms with van der Waals surface area (Å²) in [6.45, 7) is -0.263. The molecule has 0 aliphatic carbocycles. The molecule has 3 aromatic carbocycles. The molecule has 0 radical (unpaired) electrons. The summed E-state index contributed by atoms with van der Waals surface area (Å²) in [4.78, 5) is 0. The minimum Gasteiger partial charge on any atom is -0.454 e. The Morgan fingerprint density at radius 1 is 0.900 bits per heavy atom. The van der Waals surface area contributed by atoms with Crippen molar-refractivity contribution in [3.05, 3.63) is 72.0 Å². The van der Waals surface area contributed by atoms with Crippen molar-refractivity contribution in [1.82, 2.24) is 0 Å². The van der Waals surface area contributed by atoms with Crippen LogP contribution in [0.5, 0.6) is 11.5 Å². The highest BCUT2D eigenvalue weighted by atomic mass is 19.1. The lowest BCUT2D eigenvalue weighted by molar-refractivity contribution is 0.274. The second kappa shape index (κ2) is 5.31. The van der Waals surface area contributed by atoms with Crippen LogP contribution in [0.25, 0.3) is 10.8 Å². The Labute approximate surface area is 116 Å². The summed E-state index contributed by atoms with van der Waals surface area (Å²) in [6.07, 6.45) is 0. The minimum atomic E-state index is -0.482. The van der Waals surface area contributed by atoms with Gasteiger partial charge in [0, 0.05) is 5.56 Å². The highest BCUT2D eigenvalue weighted by molar-refractivity contribution is 5.83. The zero-order chi connectivity index (χ0) is 13.9. The summed E-state index contributed by atoms with van der Waals surface area (Å²) >= 11 is 0. The van der Waals surface area contributed by atoms with E-state index in [-0.39, 0.29) is 12.4 Å². The molecule has 0 heterocycles. The average Bonchev–Trinajstić information content (AvgIpc) is 2.49. The number of aliphatic hydroxyl groups is 1. The molecule has 0 aliphatic heterocycles. The Kier molecular flexibility index (Phi) is 3.35. The molecule has 0 amide bonds. The van der Waals surface area contributed by atoms with Gasteiger partial charge >= 0.3 is 0 Å². The quantitative estimate of drug-likeness (QED) is 0.769. The van der Waals surface area contributed by atoms with Crippen molar-refractivity contribution in [3.63, 3.8) is 0 Å². The molecule has 1 N–H and O–H groups in total. The van der Waals surface area contributed by atoms with Gasteiger partial charge in [0.05, 0.1) is 6.61 Å². The molecule has 0 unspecified atom stereocenters. The predicted octanol–water partition coefficient (Wildman–Crippen LogP) is 4.26. The van der Waals surface area contributed by atoms with Crippen LogP contribution in [0, 0.1) is 5.82 Å². The van der Waals surface area contributed by atoms with E-state index in [0.717, 1.165) is 10.8 Å². The van der Waals surface area contributed by atoms with Crippen molar-refractivity contribution < 1.29 is 14.2 Å². The van der Waals surface area contributed by atoms with E-state index in [0.29, 0.717) is 11.3 Å². The number of hydrogen-bond acceptors (Lipinski definition) is 2. The molecule has 20 heavy (non-hydrogen) atoms. The first-order chi connectivity index (χ1) is 9.78. The van der Waals surface area contributed by atoms with Gasteiger partial charge in [0.25, 0.3) is 0 Å². The molecule has 100 valence electrons. The lowest BCUT2D eigenvalue weighted by atomic mass is 10.1. The van der Waals surface area contributed by atoms with Crippen molar-refractivity contribution in [2.45, 2.75) is 6.61 Å². The Balaban J connectivity index is 2.01. The van der Waals surface area contributed by atoms with E-state index in [2.05, 4.69) is 0 Å². The molecule has 0 aromatic heterocycles. The molecule has 0 bridgehead atoms. The van der Waals surface area contributed by atoms with Crippen LogP contribution >= 0.6 is 0 Å². The maximum atomic E-state index is 13.8. The highest BCUT2D eigenvalue weighted by Crippen LogP contribution is 2.30. The molecular formula is C17H13FO2. The van der Waals surface area contributed by atoms with Gasteiger partial charge in [0.1, 0.15) is 5.75 Å². The van der Waals surface area contributed by atoms with Crippen molar-refractivity contribution in [2.75, 3.05) is 0 Å². The zero-order valence-electron chi connectivity index (χ0n) is 10.7. The Morgan fingerprint density at radius 2 is 1.70 bits per heavy atom. The molecule has 0 fully saturated rings. The largest absolute Gasteiger partial charge is 0.454 e. The number of aliphatic hydroxyl groups excluding tert-OH is 1. The fourth-order valence-electron chi connectivity index (χ4n) is 2.14. The van der Waals surface area contributed by atoms with Gasteiger partial charge in [-0.2, -0.15) is 0 Å². The number of benzene rings is 3. The lowest BCUT2D eigenvalue weighted by Gasteiger charge is -2.11. The molecule has 0 saturated heterocycles. The fraction of sp³-hybridized carbons (Fsp3) is 0.0588. The maximum absolute atomic E-state index is 13.8. The normalized spacial score (nSPS) is 10.7. The first-order valence-electron chi connectivity index (χ1n) is 6.33. The van der Waals surface area contributed by atoms with Crippen molar-refractivity contribution in [3.8, 4) is 11.5 Å². The summed E-state index contributed by atoms with van der Waals surface area (Å²) < 4.78 is 19.4. The Hall–Kier alpha value is -2.39. The number of rotatable bonds is 3. The van der Waals surface area contributed by atoms with E-state index in [1.54, 1.807) is 18.2 Å². The van der Waals surface area contributed by atoms with Crippen LogP contribution in [0.1, 0.15) is 5.56 Å². The third kappa shape index (κ3) is 2.36. The topological polar surface area (TPSA) is 29.5 Å². The van der Waals surface area contributed by atoms with Crippen LogP contribution in [-0.2, 0) is 6.61 Å². The highest BCUT2D eigenvalue weighted by Gasteiger charge is 2.10. The SMILES string of the molecule is OCc1cccc(F)c1Oc1ccc2ccccc2c1. The molecule has 0 atom stereocenters. The summed E-state index contributed by atoms with van der Waals surface area (Å²) in [5, 5.41) is 11.4. The lowest BCUT2D eigenvalue weighted by Crippen LogP contribution is -1.95. The molecule has 2 nitrogen and oxygen atoms in total. The van der Waals surface area contributed by atoms with Crippen LogP contribution in [0.3, 0.4) is 0 Å². The molecule has 3 heteroatoms. The van der Waals surface area contributed by atoms with E-state index in [1.165, 1.54) is 6.07 Å². The number of para-hydroxylation sites is 1. The van der Waals surface area contributed by atoms with Crippen LogP contribution in [0.15, 0.2) is 60.7 Å². The molecule has 0 spiro atoms. The second-order valence-corrected chi connectivity index (χ2v) is 4.50. The van der Waals surface area contributed by atoms with Crippen LogP contribution in [0.2, 0.25) is 0 Å². The summed E-state index contributed by atoms with van der Waals surface area (Å²) in [5.74, 6) is 0.137. The van der Waals surface area contributed by atoms with Gasteiger partial charge < -0.3 is 9.84 Å². The minimum absolute atomic E-state index is 0.0743. The Morgan fingerprint density at radius 3 is 2.50 bits per heavy atom. The molecule has 0 aliphatic rings.